The van der Waals surface area contributed by atoms with Crippen LogP contribution in [0.3, 0.4) is 0 Å². The lowest BCUT2D eigenvalue weighted by molar-refractivity contribution is -0.118. The Hall–Kier alpha value is -1.16. The van der Waals surface area contributed by atoms with E-state index in [1.165, 1.54) is 6.92 Å². The second-order valence-corrected chi connectivity index (χ2v) is 4.08. The highest BCUT2D eigenvalue weighted by molar-refractivity contribution is 9.10. The highest BCUT2D eigenvalue weighted by Crippen LogP contribution is 2.11. The summed E-state index contributed by atoms with van der Waals surface area (Å²) in [5, 5.41) is 2.59. The average molecular weight is 270 g/mol. The lowest BCUT2D eigenvalue weighted by Crippen LogP contribution is -2.23. The minimum Gasteiger partial charge on any atom is -0.356 e. The molecule has 0 aliphatic carbocycles. The number of hydrogen-bond acceptors (Lipinski definition) is 2. The Labute approximate surface area is 97.0 Å². The van der Waals surface area contributed by atoms with Crippen LogP contribution in [-0.2, 0) is 4.79 Å². The minimum absolute atomic E-state index is 0.0382. The maximum Gasteiger partial charge on any atom is 0.216 e. The number of amides is 1. The number of carbonyl (C=O) groups is 2. The number of Topliss-reactive ketones (excluding diaryl/α,β-unsaturated/α-hetero) is 1. The van der Waals surface area contributed by atoms with Crippen molar-refractivity contribution in [2.24, 2.45) is 0 Å². The third-order valence-electron chi connectivity index (χ3n) is 1.89. The van der Waals surface area contributed by atoms with E-state index in [0.29, 0.717) is 18.5 Å². The molecule has 4 heteroatoms. The van der Waals surface area contributed by atoms with E-state index in [4.69, 9.17) is 0 Å². The fourth-order valence-corrected chi connectivity index (χ4v) is 1.40. The molecular formula is C11H12BrNO2. The van der Waals surface area contributed by atoms with Gasteiger partial charge in [0.15, 0.2) is 5.78 Å². The Balaban J connectivity index is 2.47. The number of benzene rings is 1. The summed E-state index contributed by atoms with van der Waals surface area (Å²) in [6.45, 7) is 1.83. The molecule has 0 heterocycles. The molecule has 1 N–H and O–H groups in total. The quantitative estimate of drug-likeness (QED) is 0.852. The maximum atomic E-state index is 11.6. The highest BCUT2D eigenvalue weighted by Gasteiger charge is 2.05. The molecule has 0 aliphatic rings. The fraction of sp³-hybridized carbons (Fsp3) is 0.273. The second-order valence-electron chi connectivity index (χ2n) is 3.16. The molecule has 0 saturated carbocycles. The van der Waals surface area contributed by atoms with E-state index in [-0.39, 0.29) is 11.7 Å². The van der Waals surface area contributed by atoms with Crippen LogP contribution in [0.1, 0.15) is 23.7 Å². The molecule has 0 unspecified atom stereocenters. The largest absolute Gasteiger partial charge is 0.356 e. The van der Waals surface area contributed by atoms with E-state index in [2.05, 4.69) is 21.2 Å². The second kappa shape index (κ2) is 5.66. The van der Waals surface area contributed by atoms with Gasteiger partial charge in [-0.05, 0) is 12.1 Å². The van der Waals surface area contributed by atoms with E-state index in [0.717, 1.165) is 4.47 Å². The van der Waals surface area contributed by atoms with Crippen molar-refractivity contribution in [3.8, 4) is 0 Å². The SMILES string of the molecule is CC(=O)NCCC(=O)c1ccc(Br)cc1. The third-order valence-corrected chi connectivity index (χ3v) is 2.42. The molecule has 0 aliphatic heterocycles. The zero-order chi connectivity index (χ0) is 11.3. The first-order valence-corrected chi connectivity index (χ1v) is 5.42. The first-order chi connectivity index (χ1) is 7.09. The Morgan fingerprint density at radius 2 is 1.87 bits per heavy atom. The van der Waals surface area contributed by atoms with E-state index in [1.807, 2.05) is 12.1 Å². The van der Waals surface area contributed by atoms with Crippen LogP contribution in [0.5, 0.6) is 0 Å². The van der Waals surface area contributed by atoms with Crippen LogP contribution in [0.4, 0.5) is 0 Å². The van der Waals surface area contributed by atoms with Crippen LogP contribution in [0.15, 0.2) is 28.7 Å². The summed E-state index contributed by atoms with van der Waals surface area (Å²) in [4.78, 5) is 22.1. The van der Waals surface area contributed by atoms with Gasteiger partial charge in [0.1, 0.15) is 0 Å². The van der Waals surface area contributed by atoms with Crippen LogP contribution in [0, 0.1) is 0 Å². The zero-order valence-electron chi connectivity index (χ0n) is 8.42. The Kier molecular flexibility index (Phi) is 4.49. The van der Waals surface area contributed by atoms with Crippen LogP contribution < -0.4 is 5.32 Å². The summed E-state index contributed by atoms with van der Waals surface area (Å²) in [5.41, 5.74) is 0.670. The number of halogens is 1. The predicted molar refractivity (Wildman–Crippen MR) is 61.8 cm³/mol. The molecule has 80 valence electrons. The Morgan fingerprint density at radius 1 is 1.27 bits per heavy atom. The molecule has 3 nitrogen and oxygen atoms in total. The summed E-state index contributed by atoms with van der Waals surface area (Å²) in [5.74, 6) is -0.0742. The van der Waals surface area contributed by atoms with Crippen molar-refractivity contribution >= 4 is 27.6 Å². The normalized spacial score (nSPS) is 9.73. The highest BCUT2D eigenvalue weighted by atomic mass is 79.9. The molecule has 1 amide bonds. The Bertz CT molecular complexity index is 359. The first kappa shape index (κ1) is 11.9. The van der Waals surface area contributed by atoms with Gasteiger partial charge in [-0.3, -0.25) is 9.59 Å². The maximum absolute atomic E-state index is 11.6. The molecule has 0 bridgehead atoms. The van der Waals surface area contributed by atoms with Crippen LogP contribution in [0.2, 0.25) is 0 Å². The Morgan fingerprint density at radius 3 is 2.40 bits per heavy atom. The van der Waals surface area contributed by atoms with Gasteiger partial charge in [-0.2, -0.15) is 0 Å². The molecule has 15 heavy (non-hydrogen) atoms. The van der Waals surface area contributed by atoms with Crippen LogP contribution >= 0.6 is 15.9 Å². The molecule has 1 aromatic carbocycles. The number of rotatable bonds is 4. The summed E-state index contributed by atoms with van der Waals surface area (Å²) in [6.07, 6.45) is 0.335. The molecule has 0 radical (unpaired) electrons. The van der Waals surface area contributed by atoms with E-state index >= 15 is 0 Å². The molecule has 0 saturated heterocycles. The van der Waals surface area contributed by atoms with Crippen molar-refractivity contribution in [1.29, 1.82) is 0 Å². The number of carbonyl (C=O) groups excluding carboxylic acids is 2. The van der Waals surface area contributed by atoms with Gasteiger partial charge in [0, 0.05) is 29.9 Å². The lowest BCUT2D eigenvalue weighted by atomic mass is 10.1. The van der Waals surface area contributed by atoms with Crippen molar-refractivity contribution < 1.29 is 9.59 Å². The standard InChI is InChI=1S/C11H12BrNO2/c1-8(14)13-7-6-11(15)9-2-4-10(12)5-3-9/h2-5H,6-7H2,1H3,(H,13,14). The predicted octanol–water partition coefficient (Wildman–Crippen LogP) is 2.16. The smallest absolute Gasteiger partial charge is 0.216 e. The third kappa shape index (κ3) is 4.25. The van der Waals surface area contributed by atoms with Gasteiger partial charge in [0.2, 0.25) is 5.91 Å². The zero-order valence-corrected chi connectivity index (χ0v) is 10.0. The van der Waals surface area contributed by atoms with Crippen molar-refractivity contribution in [1.82, 2.24) is 5.32 Å². The van der Waals surface area contributed by atoms with Gasteiger partial charge < -0.3 is 5.32 Å². The monoisotopic (exact) mass is 269 g/mol. The van der Waals surface area contributed by atoms with Gasteiger partial charge in [-0.25, -0.2) is 0 Å². The number of ketones is 1. The summed E-state index contributed by atoms with van der Waals surface area (Å²) >= 11 is 3.30. The molecule has 0 spiro atoms. The number of nitrogens with one attached hydrogen (secondary N) is 1. The fourth-order valence-electron chi connectivity index (χ4n) is 1.13. The van der Waals surface area contributed by atoms with Gasteiger partial charge >= 0.3 is 0 Å². The molecule has 0 atom stereocenters. The molecule has 0 aromatic heterocycles. The molecule has 1 aromatic rings. The summed E-state index contributed by atoms with van der Waals surface area (Å²) in [6, 6.07) is 7.18. The van der Waals surface area contributed by atoms with E-state index in [1.54, 1.807) is 12.1 Å². The van der Waals surface area contributed by atoms with Crippen molar-refractivity contribution in [2.75, 3.05) is 6.54 Å². The molecule has 0 fully saturated rings. The first-order valence-electron chi connectivity index (χ1n) is 4.63. The average Bonchev–Trinajstić information content (AvgIpc) is 2.18. The van der Waals surface area contributed by atoms with E-state index < -0.39 is 0 Å². The lowest BCUT2D eigenvalue weighted by Gasteiger charge is -2.02. The van der Waals surface area contributed by atoms with Crippen LogP contribution in [0.25, 0.3) is 0 Å². The van der Waals surface area contributed by atoms with Crippen molar-refractivity contribution in [3.63, 3.8) is 0 Å². The van der Waals surface area contributed by atoms with Crippen molar-refractivity contribution in [2.45, 2.75) is 13.3 Å². The van der Waals surface area contributed by atoms with Gasteiger partial charge in [0.05, 0.1) is 0 Å². The molecular weight excluding hydrogens is 258 g/mol. The van der Waals surface area contributed by atoms with Crippen LogP contribution in [-0.4, -0.2) is 18.2 Å². The number of hydrogen-bond donors (Lipinski definition) is 1. The minimum atomic E-state index is -0.112. The van der Waals surface area contributed by atoms with E-state index in [9.17, 15) is 9.59 Å². The van der Waals surface area contributed by atoms with Gasteiger partial charge in [0.25, 0.3) is 0 Å². The van der Waals surface area contributed by atoms with Gasteiger partial charge in [-0.15, -0.1) is 0 Å². The topological polar surface area (TPSA) is 46.2 Å². The van der Waals surface area contributed by atoms with Crippen molar-refractivity contribution in [3.05, 3.63) is 34.3 Å². The molecule has 1 rings (SSSR count). The van der Waals surface area contributed by atoms with Gasteiger partial charge in [-0.1, -0.05) is 28.1 Å². The summed E-state index contributed by atoms with van der Waals surface area (Å²) < 4.78 is 0.945. The summed E-state index contributed by atoms with van der Waals surface area (Å²) in [7, 11) is 0.